The lowest BCUT2D eigenvalue weighted by Crippen LogP contribution is -2.13. The summed E-state index contributed by atoms with van der Waals surface area (Å²) in [4.78, 5) is 0. The Hall–Kier alpha value is -0.830. The molecule has 3 heteroatoms. The van der Waals surface area contributed by atoms with Crippen molar-refractivity contribution in [1.29, 1.82) is 0 Å². The zero-order valence-electron chi connectivity index (χ0n) is 9.82. The summed E-state index contributed by atoms with van der Waals surface area (Å²) in [5.74, 6) is 0.794. The second kappa shape index (κ2) is 3.63. The van der Waals surface area contributed by atoms with Gasteiger partial charge in [-0.05, 0) is 24.8 Å². The van der Waals surface area contributed by atoms with E-state index in [1.54, 1.807) is 0 Å². The molecule has 1 aliphatic carbocycles. The Balaban J connectivity index is 2.23. The first-order valence-corrected chi connectivity index (χ1v) is 5.69. The van der Waals surface area contributed by atoms with Crippen LogP contribution < -0.4 is 0 Å². The van der Waals surface area contributed by atoms with Gasteiger partial charge in [0.1, 0.15) is 0 Å². The van der Waals surface area contributed by atoms with Crippen molar-refractivity contribution in [3.05, 3.63) is 17.5 Å². The highest BCUT2D eigenvalue weighted by molar-refractivity contribution is 5.17. The first-order chi connectivity index (χ1) is 7.00. The summed E-state index contributed by atoms with van der Waals surface area (Å²) in [6.45, 7) is 7.52. The summed E-state index contributed by atoms with van der Waals surface area (Å²) in [5.41, 5.74) is 2.10. The minimum atomic E-state index is 0.0682. The predicted octanol–water partition coefficient (Wildman–Crippen LogP) is 2.08. The average Bonchev–Trinajstić information content (AvgIpc) is 2.82. The van der Waals surface area contributed by atoms with Gasteiger partial charge in [0, 0.05) is 12.0 Å². The van der Waals surface area contributed by atoms with Crippen molar-refractivity contribution in [1.82, 2.24) is 9.78 Å². The summed E-state index contributed by atoms with van der Waals surface area (Å²) < 4.78 is 1.98. The van der Waals surface area contributed by atoms with Gasteiger partial charge >= 0.3 is 0 Å². The Bertz CT molecular complexity index is 345. The molecular weight excluding hydrogens is 188 g/mol. The molecule has 1 saturated carbocycles. The fourth-order valence-electron chi connectivity index (χ4n) is 1.65. The molecule has 84 valence electrons. The Labute approximate surface area is 91.1 Å². The summed E-state index contributed by atoms with van der Waals surface area (Å²) in [6, 6.07) is 2.03. The van der Waals surface area contributed by atoms with E-state index in [-0.39, 0.29) is 12.0 Å². The molecule has 0 spiro atoms. The lowest BCUT2D eigenvalue weighted by molar-refractivity contribution is 0.266. The van der Waals surface area contributed by atoms with E-state index in [4.69, 9.17) is 0 Å². The minimum Gasteiger partial charge on any atom is -0.390 e. The number of aromatic nitrogens is 2. The highest BCUT2D eigenvalue weighted by Gasteiger charge is 2.25. The Kier molecular flexibility index (Phi) is 2.59. The standard InChI is InChI=1S/C12H20N2O/c1-12(2,3)11-6-10(8-15)14(13-11)7-9-4-5-9/h6,9,15H,4-5,7-8H2,1-3H3. The third-order valence-electron chi connectivity index (χ3n) is 2.92. The van der Waals surface area contributed by atoms with Crippen LogP contribution >= 0.6 is 0 Å². The van der Waals surface area contributed by atoms with E-state index < -0.39 is 0 Å². The molecule has 3 nitrogen and oxygen atoms in total. The zero-order chi connectivity index (χ0) is 11.1. The molecule has 15 heavy (non-hydrogen) atoms. The van der Waals surface area contributed by atoms with Crippen molar-refractivity contribution in [2.24, 2.45) is 5.92 Å². The number of hydrogen-bond donors (Lipinski definition) is 1. The van der Waals surface area contributed by atoms with Crippen molar-refractivity contribution in [2.45, 2.75) is 52.2 Å². The van der Waals surface area contributed by atoms with Gasteiger partial charge in [0.05, 0.1) is 18.0 Å². The molecule has 1 aromatic rings. The SMILES string of the molecule is CC(C)(C)c1cc(CO)n(CC2CC2)n1. The van der Waals surface area contributed by atoms with Gasteiger partial charge in [0.25, 0.3) is 0 Å². The third-order valence-corrected chi connectivity index (χ3v) is 2.92. The van der Waals surface area contributed by atoms with Crippen LogP contribution in [-0.4, -0.2) is 14.9 Å². The third kappa shape index (κ3) is 2.40. The zero-order valence-corrected chi connectivity index (χ0v) is 9.82. The Morgan fingerprint density at radius 1 is 1.47 bits per heavy atom. The molecule has 1 aromatic heterocycles. The predicted molar refractivity (Wildman–Crippen MR) is 59.6 cm³/mol. The molecule has 1 aliphatic rings. The smallest absolute Gasteiger partial charge is 0.0849 e. The number of nitrogens with zero attached hydrogens (tertiary/aromatic N) is 2. The van der Waals surface area contributed by atoms with Crippen LogP contribution in [0.25, 0.3) is 0 Å². The lowest BCUT2D eigenvalue weighted by Gasteiger charge is -2.14. The number of hydrogen-bond acceptors (Lipinski definition) is 2. The monoisotopic (exact) mass is 208 g/mol. The summed E-state index contributed by atoms with van der Waals surface area (Å²) in [5, 5.41) is 13.9. The second-order valence-electron chi connectivity index (χ2n) is 5.55. The first kappa shape index (κ1) is 10.7. The molecule has 1 N–H and O–H groups in total. The van der Waals surface area contributed by atoms with Crippen molar-refractivity contribution in [3.8, 4) is 0 Å². The molecule has 1 fully saturated rings. The highest BCUT2D eigenvalue weighted by atomic mass is 16.3. The maximum atomic E-state index is 9.27. The maximum absolute atomic E-state index is 9.27. The van der Waals surface area contributed by atoms with E-state index in [2.05, 4.69) is 25.9 Å². The molecule has 0 aliphatic heterocycles. The van der Waals surface area contributed by atoms with Crippen LogP contribution in [0, 0.1) is 5.92 Å². The van der Waals surface area contributed by atoms with Crippen molar-refractivity contribution in [2.75, 3.05) is 0 Å². The van der Waals surface area contributed by atoms with Gasteiger partial charge in [-0.15, -0.1) is 0 Å². The first-order valence-electron chi connectivity index (χ1n) is 5.69. The minimum absolute atomic E-state index is 0.0682. The van der Waals surface area contributed by atoms with E-state index in [0.29, 0.717) is 0 Å². The molecule has 0 radical (unpaired) electrons. The van der Waals surface area contributed by atoms with E-state index in [1.165, 1.54) is 12.8 Å². The number of aliphatic hydroxyl groups excluding tert-OH is 1. The summed E-state index contributed by atoms with van der Waals surface area (Å²) in [6.07, 6.45) is 2.63. The molecule has 1 heterocycles. The Morgan fingerprint density at radius 3 is 2.60 bits per heavy atom. The van der Waals surface area contributed by atoms with Crippen molar-refractivity contribution >= 4 is 0 Å². The molecule has 0 aromatic carbocycles. The largest absolute Gasteiger partial charge is 0.390 e. The van der Waals surface area contributed by atoms with Crippen LogP contribution in [0.15, 0.2) is 6.07 Å². The van der Waals surface area contributed by atoms with Crippen LogP contribution in [0.4, 0.5) is 0 Å². The summed E-state index contributed by atoms with van der Waals surface area (Å²) >= 11 is 0. The highest BCUT2D eigenvalue weighted by Crippen LogP contribution is 2.31. The van der Waals surface area contributed by atoms with Gasteiger partial charge in [-0.3, -0.25) is 4.68 Å². The number of rotatable bonds is 3. The fourth-order valence-corrected chi connectivity index (χ4v) is 1.65. The van der Waals surface area contributed by atoms with Crippen LogP contribution in [0.5, 0.6) is 0 Å². The molecular formula is C12H20N2O. The lowest BCUT2D eigenvalue weighted by atomic mass is 9.92. The van der Waals surface area contributed by atoms with Crippen molar-refractivity contribution < 1.29 is 5.11 Å². The molecule has 0 amide bonds. The van der Waals surface area contributed by atoms with Crippen molar-refractivity contribution in [3.63, 3.8) is 0 Å². The summed E-state index contributed by atoms with van der Waals surface area (Å²) in [7, 11) is 0. The average molecular weight is 208 g/mol. The normalized spacial score (nSPS) is 17.1. The van der Waals surface area contributed by atoms with Gasteiger partial charge in [0.2, 0.25) is 0 Å². The molecule has 0 atom stereocenters. The molecule has 2 rings (SSSR count). The van der Waals surface area contributed by atoms with E-state index in [0.717, 1.165) is 23.9 Å². The van der Waals surface area contributed by atoms with E-state index >= 15 is 0 Å². The van der Waals surface area contributed by atoms with Crippen LogP contribution in [0.3, 0.4) is 0 Å². The van der Waals surface area contributed by atoms with Gasteiger partial charge < -0.3 is 5.11 Å². The van der Waals surface area contributed by atoms with E-state index in [9.17, 15) is 5.11 Å². The molecule has 0 saturated heterocycles. The molecule has 0 unspecified atom stereocenters. The Morgan fingerprint density at radius 2 is 2.13 bits per heavy atom. The quantitative estimate of drug-likeness (QED) is 0.826. The van der Waals surface area contributed by atoms with Crippen LogP contribution in [0.1, 0.15) is 45.0 Å². The van der Waals surface area contributed by atoms with Gasteiger partial charge in [-0.1, -0.05) is 20.8 Å². The second-order valence-corrected chi connectivity index (χ2v) is 5.55. The molecule has 0 bridgehead atoms. The van der Waals surface area contributed by atoms with E-state index in [1.807, 2.05) is 10.7 Å². The fraction of sp³-hybridized carbons (Fsp3) is 0.750. The van der Waals surface area contributed by atoms with Gasteiger partial charge in [-0.2, -0.15) is 5.10 Å². The topological polar surface area (TPSA) is 38.0 Å². The van der Waals surface area contributed by atoms with Gasteiger partial charge in [0.15, 0.2) is 0 Å². The number of aliphatic hydroxyl groups is 1. The maximum Gasteiger partial charge on any atom is 0.0849 e. The van der Waals surface area contributed by atoms with Crippen LogP contribution in [-0.2, 0) is 18.6 Å². The van der Waals surface area contributed by atoms with Crippen LogP contribution in [0.2, 0.25) is 0 Å². The van der Waals surface area contributed by atoms with Gasteiger partial charge in [-0.25, -0.2) is 0 Å².